The highest BCUT2D eigenvalue weighted by atomic mass is 32.2. The first kappa shape index (κ1) is 16.9. The van der Waals surface area contributed by atoms with E-state index < -0.39 is 4.92 Å². The molecule has 0 spiro atoms. The number of nitrogens with two attached hydrogens (primary N) is 1. The number of hydrogen-bond donors (Lipinski definition) is 1. The molecule has 0 aliphatic heterocycles. The molecule has 0 saturated heterocycles. The van der Waals surface area contributed by atoms with E-state index in [1.165, 1.54) is 13.0 Å². The Morgan fingerprint density at radius 1 is 1.24 bits per heavy atom. The summed E-state index contributed by atoms with van der Waals surface area (Å²) >= 11 is 1.07. The van der Waals surface area contributed by atoms with Gasteiger partial charge < -0.3 is 5.73 Å². The van der Waals surface area contributed by atoms with Gasteiger partial charge in [-0.1, -0.05) is 42.1 Å². The largest absolute Gasteiger partial charge is 0.398 e. The zero-order valence-electron chi connectivity index (χ0n) is 13.4. The Labute approximate surface area is 148 Å². The van der Waals surface area contributed by atoms with Crippen LogP contribution in [0, 0.1) is 10.1 Å². The summed E-state index contributed by atoms with van der Waals surface area (Å²) in [5.74, 6) is 0.0903. The molecule has 0 aliphatic rings. The van der Waals surface area contributed by atoms with Crippen molar-refractivity contribution in [3.63, 3.8) is 0 Å². The number of rotatable bonds is 5. The number of nitro groups is 1. The van der Waals surface area contributed by atoms with E-state index in [-0.39, 0.29) is 22.2 Å². The van der Waals surface area contributed by atoms with E-state index in [4.69, 9.17) is 5.73 Å². The van der Waals surface area contributed by atoms with E-state index in [0.717, 1.165) is 28.1 Å². The lowest BCUT2D eigenvalue weighted by Crippen LogP contribution is -1.99. The van der Waals surface area contributed by atoms with Crippen molar-refractivity contribution >= 4 is 39.7 Å². The summed E-state index contributed by atoms with van der Waals surface area (Å²) in [6, 6.07) is 12.7. The summed E-state index contributed by atoms with van der Waals surface area (Å²) in [7, 11) is 0. The number of ketones is 1. The number of benzene rings is 2. The maximum absolute atomic E-state index is 11.4. The van der Waals surface area contributed by atoms with E-state index in [9.17, 15) is 14.9 Å². The fraction of sp³-hybridized carbons (Fsp3) is 0.111. The topological polar surface area (TPSA) is 99.1 Å². The van der Waals surface area contributed by atoms with Crippen LogP contribution in [0.2, 0.25) is 0 Å². The van der Waals surface area contributed by atoms with Crippen molar-refractivity contribution in [1.82, 2.24) is 4.98 Å². The van der Waals surface area contributed by atoms with Gasteiger partial charge in [-0.15, -0.1) is 0 Å². The third-order valence-electron chi connectivity index (χ3n) is 3.71. The number of carbonyl (C=O) groups is 1. The Bertz CT molecular complexity index is 988. The number of anilines is 1. The van der Waals surface area contributed by atoms with E-state index in [0.29, 0.717) is 11.3 Å². The lowest BCUT2D eigenvalue weighted by Gasteiger charge is -2.10. The van der Waals surface area contributed by atoms with Crippen LogP contribution in [0.15, 0.2) is 53.7 Å². The molecule has 0 bridgehead atoms. The highest BCUT2D eigenvalue weighted by Gasteiger charge is 2.19. The van der Waals surface area contributed by atoms with Crippen molar-refractivity contribution in [2.45, 2.75) is 11.9 Å². The molecule has 126 valence electrons. The third kappa shape index (κ3) is 3.46. The van der Waals surface area contributed by atoms with Gasteiger partial charge in [-0.05, 0) is 23.9 Å². The zero-order chi connectivity index (χ0) is 18.0. The second-order valence-electron chi connectivity index (χ2n) is 5.54. The fourth-order valence-electron chi connectivity index (χ4n) is 2.57. The smallest absolute Gasteiger partial charge is 0.301 e. The highest BCUT2D eigenvalue weighted by molar-refractivity contribution is 8.00. The molecular weight excluding hydrogens is 338 g/mol. The maximum Gasteiger partial charge on any atom is 0.301 e. The van der Waals surface area contributed by atoms with Gasteiger partial charge in [0.2, 0.25) is 0 Å². The molecule has 0 amide bonds. The average Bonchev–Trinajstić information content (AvgIpc) is 2.60. The molecule has 1 heterocycles. The molecule has 7 heteroatoms. The van der Waals surface area contributed by atoms with Crippen LogP contribution in [0.1, 0.15) is 6.92 Å². The first-order valence-electron chi connectivity index (χ1n) is 7.51. The maximum atomic E-state index is 11.4. The molecule has 3 aromatic rings. The standard InChI is InChI=1S/C18H15N3O3S/c1-11(22)10-25-18-17(21(23)24)8-12(9-20-18)13-6-7-16(19)15-5-3-2-4-14(13)15/h2-9H,10,19H2,1H3. The monoisotopic (exact) mass is 353 g/mol. The number of nitrogens with zero attached hydrogens (tertiary/aromatic N) is 2. The van der Waals surface area contributed by atoms with E-state index >= 15 is 0 Å². The second-order valence-corrected chi connectivity index (χ2v) is 6.51. The normalized spacial score (nSPS) is 10.8. The van der Waals surface area contributed by atoms with E-state index in [1.807, 2.05) is 30.3 Å². The van der Waals surface area contributed by atoms with Crippen molar-refractivity contribution < 1.29 is 9.72 Å². The number of pyridine rings is 1. The first-order chi connectivity index (χ1) is 12.0. The molecule has 3 rings (SSSR count). The third-order valence-corrected chi connectivity index (χ3v) is 4.85. The van der Waals surface area contributed by atoms with Crippen molar-refractivity contribution in [3.05, 3.63) is 58.8 Å². The van der Waals surface area contributed by atoms with Crippen LogP contribution in [0.3, 0.4) is 0 Å². The minimum atomic E-state index is -0.474. The van der Waals surface area contributed by atoms with Gasteiger partial charge >= 0.3 is 5.69 Å². The zero-order valence-corrected chi connectivity index (χ0v) is 14.2. The lowest BCUT2D eigenvalue weighted by molar-refractivity contribution is -0.388. The summed E-state index contributed by atoms with van der Waals surface area (Å²) in [4.78, 5) is 26.3. The van der Waals surface area contributed by atoms with Gasteiger partial charge in [0.1, 0.15) is 5.78 Å². The molecule has 0 atom stereocenters. The molecule has 1 aromatic heterocycles. The van der Waals surface area contributed by atoms with Gasteiger partial charge in [0, 0.05) is 28.9 Å². The molecule has 2 aromatic carbocycles. The van der Waals surface area contributed by atoms with Gasteiger partial charge in [0.05, 0.1) is 10.7 Å². The van der Waals surface area contributed by atoms with Crippen LogP contribution in [0.4, 0.5) is 11.4 Å². The molecular formula is C18H15N3O3S. The van der Waals surface area contributed by atoms with Gasteiger partial charge in [-0.3, -0.25) is 14.9 Å². The summed E-state index contributed by atoms with van der Waals surface area (Å²) in [5.41, 5.74) is 8.01. The SMILES string of the molecule is CC(=O)CSc1ncc(-c2ccc(N)c3ccccc23)cc1[N+](=O)[O-]. The van der Waals surface area contributed by atoms with Crippen LogP contribution in [0.25, 0.3) is 21.9 Å². The molecule has 0 fully saturated rings. The number of nitrogen functional groups attached to an aromatic ring is 1. The molecule has 2 N–H and O–H groups in total. The molecule has 6 nitrogen and oxygen atoms in total. The first-order valence-corrected chi connectivity index (χ1v) is 8.50. The number of thioether (sulfide) groups is 1. The lowest BCUT2D eigenvalue weighted by atomic mass is 9.98. The van der Waals surface area contributed by atoms with Crippen molar-refractivity contribution in [2.75, 3.05) is 11.5 Å². The average molecular weight is 353 g/mol. The van der Waals surface area contributed by atoms with Crippen LogP contribution in [-0.2, 0) is 4.79 Å². The molecule has 0 aliphatic carbocycles. The Kier molecular flexibility index (Phi) is 4.67. The molecule has 0 saturated carbocycles. The fourth-order valence-corrected chi connectivity index (χ4v) is 3.32. The van der Waals surface area contributed by atoms with Crippen LogP contribution in [-0.4, -0.2) is 21.4 Å². The number of hydrogen-bond acceptors (Lipinski definition) is 6. The van der Waals surface area contributed by atoms with Crippen LogP contribution < -0.4 is 5.73 Å². The van der Waals surface area contributed by atoms with Crippen molar-refractivity contribution in [1.29, 1.82) is 0 Å². The van der Waals surface area contributed by atoms with Crippen LogP contribution >= 0.6 is 11.8 Å². The molecule has 0 radical (unpaired) electrons. The van der Waals surface area contributed by atoms with Crippen LogP contribution in [0.5, 0.6) is 0 Å². The predicted octanol–water partition coefficient (Wildman–Crippen LogP) is 4.07. The Hall–Kier alpha value is -2.93. The number of carbonyl (C=O) groups excluding carboxylic acids is 1. The number of aromatic nitrogens is 1. The Morgan fingerprint density at radius 2 is 1.96 bits per heavy atom. The van der Waals surface area contributed by atoms with Crippen molar-refractivity contribution in [3.8, 4) is 11.1 Å². The van der Waals surface area contributed by atoms with E-state index in [1.54, 1.807) is 12.3 Å². The van der Waals surface area contributed by atoms with Crippen molar-refractivity contribution in [2.24, 2.45) is 0 Å². The summed E-state index contributed by atoms with van der Waals surface area (Å²) < 4.78 is 0. The Balaban J connectivity index is 2.13. The quantitative estimate of drug-likeness (QED) is 0.321. The van der Waals surface area contributed by atoms with E-state index in [2.05, 4.69) is 4.98 Å². The highest BCUT2D eigenvalue weighted by Crippen LogP contribution is 2.35. The second kappa shape index (κ2) is 6.90. The summed E-state index contributed by atoms with van der Waals surface area (Å²) in [5, 5.41) is 13.4. The molecule has 25 heavy (non-hydrogen) atoms. The minimum Gasteiger partial charge on any atom is -0.398 e. The van der Waals surface area contributed by atoms with Gasteiger partial charge in [0.25, 0.3) is 0 Å². The number of fused-ring (bicyclic) bond motifs is 1. The minimum absolute atomic E-state index is 0.0605. The number of Topliss-reactive ketones (excluding diaryl/α,β-unsaturated/α-hetero) is 1. The summed E-state index contributed by atoms with van der Waals surface area (Å²) in [6.07, 6.45) is 1.59. The van der Waals surface area contributed by atoms with Gasteiger partial charge in [0.15, 0.2) is 5.03 Å². The van der Waals surface area contributed by atoms with Gasteiger partial charge in [-0.25, -0.2) is 4.98 Å². The predicted molar refractivity (Wildman–Crippen MR) is 99.7 cm³/mol. The Morgan fingerprint density at radius 3 is 2.64 bits per heavy atom. The summed E-state index contributed by atoms with van der Waals surface area (Å²) in [6.45, 7) is 1.44. The van der Waals surface area contributed by atoms with Gasteiger partial charge in [-0.2, -0.15) is 0 Å². The molecule has 0 unspecified atom stereocenters.